The van der Waals surface area contributed by atoms with Crippen LogP contribution in [-0.4, -0.2) is 33.7 Å². The number of hydrogen-bond donors (Lipinski definition) is 0. The average molecular weight is 340 g/mol. The van der Waals surface area contributed by atoms with Crippen LogP contribution >= 0.6 is 0 Å². The van der Waals surface area contributed by atoms with Crippen molar-refractivity contribution in [3.8, 4) is 28.7 Å². The van der Waals surface area contributed by atoms with Gasteiger partial charge in [-0.3, -0.25) is 0 Å². The lowest BCUT2D eigenvalue weighted by atomic mass is 10.1. The lowest BCUT2D eigenvalue weighted by molar-refractivity contribution is 0.951. The Bertz CT molecular complexity index is 1100. The number of benzene rings is 2. The van der Waals surface area contributed by atoms with Crippen molar-refractivity contribution in [2.24, 2.45) is 0 Å². The van der Waals surface area contributed by atoms with Gasteiger partial charge in [0.25, 0.3) is 5.78 Å². The number of hydrogen-bond acceptors (Lipinski definition) is 5. The quantitative estimate of drug-likeness (QED) is 0.572. The first-order valence-electron chi connectivity index (χ1n) is 8.16. The van der Waals surface area contributed by atoms with Crippen LogP contribution in [-0.2, 0) is 0 Å². The van der Waals surface area contributed by atoms with E-state index in [-0.39, 0.29) is 0 Å². The van der Waals surface area contributed by atoms with Gasteiger partial charge in [-0.25, -0.2) is 4.98 Å². The second-order valence-electron chi connectivity index (χ2n) is 6.11. The Morgan fingerprint density at radius 2 is 1.62 bits per heavy atom. The molecule has 0 fully saturated rings. The Labute approximate surface area is 151 Å². The van der Waals surface area contributed by atoms with Crippen molar-refractivity contribution < 1.29 is 0 Å². The highest BCUT2D eigenvalue weighted by atomic mass is 15.3. The van der Waals surface area contributed by atoms with E-state index < -0.39 is 0 Å². The Kier molecular flexibility index (Phi) is 3.82. The molecular formula is C20H16N6. The average Bonchev–Trinajstić information content (AvgIpc) is 3.12. The van der Waals surface area contributed by atoms with Crippen LogP contribution in [0.4, 0.5) is 5.69 Å². The highest BCUT2D eigenvalue weighted by molar-refractivity contribution is 5.66. The molecule has 0 radical (unpaired) electrons. The predicted molar refractivity (Wildman–Crippen MR) is 101 cm³/mol. The summed E-state index contributed by atoms with van der Waals surface area (Å²) in [5, 5.41) is 13.6. The summed E-state index contributed by atoms with van der Waals surface area (Å²) in [6.45, 7) is 0. The van der Waals surface area contributed by atoms with E-state index >= 15 is 0 Å². The normalized spacial score (nSPS) is 10.7. The number of nitrogens with zero attached hydrogens (tertiary/aromatic N) is 6. The summed E-state index contributed by atoms with van der Waals surface area (Å²) in [6.07, 6.45) is 1.74. The monoisotopic (exact) mass is 340 g/mol. The zero-order valence-electron chi connectivity index (χ0n) is 14.5. The fraction of sp³-hybridized carbons (Fsp3) is 0.100. The van der Waals surface area contributed by atoms with Gasteiger partial charge in [-0.2, -0.15) is 14.8 Å². The summed E-state index contributed by atoms with van der Waals surface area (Å²) < 4.78 is 1.75. The van der Waals surface area contributed by atoms with Crippen LogP contribution in [0.2, 0.25) is 0 Å². The Morgan fingerprint density at radius 1 is 0.923 bits per heavy atom. The Morgan fingerprint density at radius 3 is 2.27 bits per heavy atom. The molecule has 6 nitrogen and oxygen atoms in total. The van der Waals surface area contributed by atoms with Crippen LogP contribution in [0.25, 0.3) is 28.4 Å². The molecule has 0 saturated heterocycles. The van der Waals surface area contributed by atoms with Crippen LogP contribution in [0.5, 0.6) is 0 Å². The first kappa shape index (κ1) is 15.8. The van der Waals surface area contributed by atoms with Crippen molar-refractivity contribution in [2.75, 3.05) is 19.0 Å². The maximum absolute atomic E-state index is 8.93. The molecule has 4 rings (SSSR count). The molecule has 0 aliphatic carbocycles. The Hall–Kier alpha value is -3.72. The van der Waals surface area contributed by atoms with E-state index in [4.69, 9.17) is 5.26 Å². The lowest BCUT2D eigenvalue weighted by Crippen LogP contribution is -2.08. The van der Waals surface area contributed by atoms with Crippen LogP contribution in [0.3, 0.4) is 0 Å². The molecule has 0 spiro atoms. The van der Waals surface area contributed by atoms with Crippen LogP contribution in [0.15, 0.2) is 60.8 Å². The standard InChI is InChI=1S/C20H16N6/c1-25(2)17-9-7-15(8-10-17)18-11-12-22-20-23-19(24-26(18)20)16-5-3-14(13-21)4-6-16/h3-12H,1-2H3. The van der Waals surface area contributed by atoms with E-state index in [1.54, 1.807) is 22.8 Å². The number of rotatable bonds is 3. The topological polar surface area (TPSA) is 70.1 Å². The summed E-state index contributed by atoms with van der Waals surface area (Å²) in [7, 11) is 4.03. The third-order valence-corrected chi connectivity index (χ3v) is 4.19. The van der Waals surface area contributed by atoms with E-state index in [0.29, 0.717) is 17.2 Å². The Balaban J connectivity index is 1.79. The molecule has 0 bridgehead atoms. The van der Waals surface area contributed by atoms with Gasteiger partial charge in [0, 0.05) is 37.1 Å². The molecule has 26 heavy (non-hydrogen) atoms. The molecule has 0 atom stereocenters. The molecule has 2 aromatic heterocycles. The summed E-state index contributed by atoms with van der Waals surface area (Å²) in [4.78, 5) is 10.9. The van der Waals surface area contributed by atoms with Gasteiger partial charge in [0.2, 0.25) is 0 Å². The maximum Gasteiger partial charge on any atom is 0.253 e. The van der Waals surface area contributed by atoms with Gasteiger partial charge < -0.3 is 4.90 Å². The first-order chi connectivity index (χ1) is 12.7. The fourth-order valence-corrected chi connectivity index (χ4v) is 2.76. The molecular weight excluding hydrogens is 324 g/mol. The third kappa shape index (κ3) is 2.76. The van der Waals surface area contributed by atoms with Gasteiger partial charge in [0.1, 0.15) is 0 Å². The van der Waals surface area contributed by atoms with Crippen LogP contribution in [0, 0.1) is 11.3 Å². The minimum absolute atomic E-state index is 0.540. The SMILES string of the molecule is CN(C)c1ccc(-c2ccnc3nc(-c4ccc(C#N)cc4)nn23)cc1. The highest BCUT2D eigenvalue weighted by Crippen LogP contribution is 2.24. The van der Waals surface area contributed by atoms with E-state index in [0.717, 1.165) is 22.5 Å². The van der Waals surface area contributed by atoms with Gasteiger partial charge in [-0.1, -0.05) is 12.1 Å². The maximum atomic E-state index is 8.93. The summed E-state index contributed by atoms with van der Waals surface area (Å²) >= 11 is 0. The number of anilines is 1. The largest absolute Gasteiger partial charge is 0.378 e. The molecule has 126 valence electrons. The third-order valence-electron chi connectivity index (χ3n) is 4.19. The predicted octanol–water partition coefficient (Wildman–Crippen LogP) is 3.40. The van der Waals surface area contributed by atoms with Crippen LogP contribution in [0.1, 0.15) is 5.56 Å². The van der Waals surface area contributed by atoms with Crippen molar-refractivity contribution in [2.45, 2.75) is 0 Å². The summed E-state index contributed by atoms with van der Waals surface area (Å²) in [6, 6.07) is 19.5. The second kappa shape index (κ2) is 6.30. The van der Waals surface area contributed by atoms with Crippen LogP contribution < -0.4 is 4.90 Å². The molecule has 0 aliphatic rings. The molecule has 6 heteroatoms. The first-order valence-corrected chi connectivity index (χ1v) is 8.16. The summed E-state index contributed by atoms with van der Waals surface area (Å²) in [5.74, 6) is 1.12. The highest BCUT2D eigenvalue weighted by Gasteiger charge is 2.11. The van der Waals surface area contributed by atoms with Gasteiger partial charge in [0.05, 0.1) is 17.3 Å². The molecule has 0 amide bonds. The zero-order valence-corrected chi connectivity index (χ0v) is 14.5. The van der Waals surface area contributed by atoms with Crippen molar-refractivity contribution in [1.82, 2.24) is 19.6 Å². The zero-order chi connectivity index (χ0) is 18.1. The number of aromatic nitrogens is 4. The molecule has 4 aromatic rings. The molecule has 0 unspecified atom stereocenters. The smallest absolute Gasteiger partial charge is 0.253 e. The van der Waals surface area contributed by atoms with E-state index in [1.165, 1.54) is 0 Å². The molecule has 2 heterocycles. The minimum atomic E-state index is 0.540. The molecule has 0 N–H and O–H groups in total. The lowest BCUT2D eigenvalue weighted by Gasteiger charge is -2.12. The minimum Gasteiger partial charge on any atom is -0.378 e. The number of nitriles is 1. The molecule has 2 aromatic carbocycles. The second-order valence-corrected chi connectivity index (χ2v) is 6.11. The van der Waals surface area contributed by atoms with Crippen molar-refractivity contribution >= 4 is 11.5 Å². The fourth-order valence-electron chi connectivity index (χ4n) is 2.76. The van der Waals surface area contributed by atoms with Gasteiger partial charge in [-0.05, 0) is 42.5 Å². The van der Waals surface area contributed by atoms with Gasteiger partial charge >= 0.3 is 0 Å². The number of fused-ring (bicyclic) bond motifs is 1. The molecule has 0 aliphatic heterocycles. The molecule has 0 saturated carbocycles. The van der Waals surface area contributed by atoms with E-state index in [1.807, 2.05) is 32.3 Å². The summed E-state index contributed by atoms with van der Waals surface area (Å²) in [5.41, 5.74) is 4.56. The van der Waals surface area contributed by atoms with E-state index in [9.17, 15) is 0 Å². The van der Waals surface area contributed by atoms with Crippen molar-refractivity contribution in [3.05, 3.63) is 66.4 Å². The van der Waals surface area contributed by atoms with Crippen molar-refractivity contribution in [3.63, 3.8) is 0 Å². The van der Waals surface area contributed by atoms with E-state index in [2.05, 4.69) is 50.3 Å². The van der Waals surface area contributed by atoms with Gasteiger partial charge in [0.15, 0.2) is 5.82 Å². The van der Waals surface area contributed by atoms with Gasteiger partial charge in [-0.15, -0.1) is 5.10 Å². The van der Waals surface area contributed by atoms with Crippen molar-refractivity contribution in [1.29, 1.82) is 5.26 Å².